The minimum atomic E-state index is -0.926. The molecular weight excluding hydrogens is 720 g/mol. The average Bonchev–Trinajstić information content (AvgIpc) is 3.86. The fourth-order valence-corrected chi connectivity index (χ4v) is 7.71. The second kappa shape index (κ2) is 15.7. The molecule has 56 heavy (non-hydrogen) atoms. The minimum Gasteiger partial charge on any atom is -0.465 e. The number of carbonyl (C=O) groups is 1. The van der Waals surface area contributed by atoms with E-state index in [1.54, 1.807) is 19.4 Å². The maximum absolute atomic E-state index is 11.3. The van der Waals surface area contributed by atoms with Crippen LogP contribution in [0.1, 0.15) is 35.1 Å². The molecule has 11 heteroatoms. The highest BCUT2D eigenvalue weighted by molar-refractivity contribution is 6.17. The van der Waals surface area contributed by atoms with Gasteiger partial charge in [0.15, 0.2) is 11.6 Å². The van der Waals surface area contributed by atoms with E-state index in [4.69, 9.17) is 26.7 Å². The molecule has 0 aliphatic carbocycles. The van der Waals surface area contributed by atoms with Gasteiger partial charge in [0, 0.05) is 62.6 Å². The lowest BCUT2D eigenvalue weighted by atomic mass is 9.77. The van der Waals surface area contributed by atoms with Gasteiger partial charge in [0.05, 0.1) is 11.0 Å². The number of benzene rings is 4. The zero-order valence-corrected chi connectivity index (χ0v) is 31.9. The summed E-state index contributed by atoms with van der Waals surface area (Å²) in [4.78, 5) is 32.7. The fraction of sp³-hybridized carbons (Fsp3) is 0.178. The number of hydrogen-bond acceptors (Lipinski definition) is 6. The topological polar surface area (TPSA) is 116 Å². The van der Waals surface area contributed by atoms with Gasteiger partial charge in [-0.3, -0.25) is 4.98 Å². The van der Waals surface area contributed by atoms with Crippen molar-refractivity contribution in [2.75, 3.05) is 32.1 Å². The number of H-pyrrole nitrogens is 1. The van der Waals surface area contributed by atoms with E-state index in [2.05, 4.69) is 117 Å². The summed E-state index contributed by atoms with van der Waals surface area (Å²) >= 11 is 6.25. The highest BCUT2D eigenvalue weighted by Gasteiger charge is 2.41. The van der Waals surface area contributed by atoms with Gasteiger partial charge in [-0.15, -0.1) is 11.6 Å². The van der Waals surface area contributed by atoms with Gasteiger partial charge in [-0.05, 0) is 64.9 Å². The van der Waals surface area contributed by atoms with Crippen LogP contribution in [-0.2, 0) is 11.4 Å². The van der Waals surface area contributed by atoms with E-state index in [1.807, 2.05) is 37.5 Å². The molecule has 0 radical (unpaired) electrons. The van der Waals surface area contributed by atoms with Crippen LogP contribution in [0.2, 0.25) is 0 Å². The summed E-state index contributed by atoms with van der Waals surface area (Å²) < 4.78 is 2.15. The second-order valence-corrected chi connectivity index (χ2v) is 14.2. The van der Waals surface area contributed by atoms with Gasteiger partial charge in [0.1, 0.15) is 16.7 Å². The van der Waals surface area contributed by atoms with Gasteiger partial charge < -0.3 is 19.9 Å². The third-order valence-corrected chi connectivity index (χ3v) is 10.7. The lowest BCUT2D eigenvalue weighted by Gasteiger charge is -2.37. The SMILES string of the molecule is CN(CCCCN(C)c1nccc2[nH]c(-c3nn(C(c4ccccc4)(c4ccccc4)c4ccccc4)c4ccc(-c5cncc(CCl)c5)cc34)nc12)C(=O)O. The minimum absolute atomic E-state index is 0.364. The van der Waals surface area contributed by atoms with Crippen LogP contribution < -0.4 is 4.90 Å². The summed E-state index contributed by atoms with van der Waals surface area (Å²) in [6.45, 7) is 1.15. The molecular formula is C45H41ClN8O2. The largest absolute Gasteiger partial charge is 0.465 e. The number of fused-ring (bicyclic) bond motifs is 2. The molecule has 0 unspecified atom stereocenters. The molecule has 0 fully saturated rings. The second-order valence-electron chi connectivity index (χ2n) is 14.0. The number of alkyl halides is 1. The number of amides is 1. The molecule has 4 aromatic carbocycles. The van der Waals surface area contributed by atoms with Crippen molar-refractivity contribution < 1.29 is 9.90 Å². The van der Waals surface area contributed by atoms with Gasteiger partial charge in [-0.25, -0.2) is 19.4 Å². The van der Waals surface area contributed by atoms with Gasteiger partial charge in [0.2, 0.25) is 0 Å². The zero-order chi connectivity index (χ0) is 38.6. The quantitative estimate of drug-likeness (QED) is 0.0684. The summed E-state index contributed by atoms with van der Waals surface area (Å²) in [6.07, 6.45) is 6.03. The lowest BCUT2D eigenvalue weighted by molar-refractivity contribution is 0.155. The van der Waals surface area contributed by atoms with Crippen LogP contribution in [0.3, 0.4) is 0 Å². The molecule has 4 heterocycles. The van der Waals surface area contributed by atoms with E-state index in [0.29, 0.717) is 30.5 Å². The third-order valence-electron chi connectivity index (χ3n) is 10.4. The summed E-state index contributed by atoms with van der Waals surface area (Å²) in [5.41, 5.74) is 8.36. The normalized spacial score (nSPS) is 11.6. The number of aromatic nitrogens is 6. The number of nitrogens with one attached hydrogen (secondary N) is 1. The number of anilines is 1. The van der Waals surface area contributed by atoms with Crippen LogP contribution in [0, 0.1) is 0 Å². The standard InChI is InChI=1S/C45H41ClN8O2/c1-52(24-12-13-25-53(2)44(55)56)43-41-38(22-23-48-43)49-42(50-41)40-37-27-32(33-26-31(28-46)29-47-30-33)20-21-39(37)54(51-40)45(34-14-6-3-7-15-34,35-16-8-4-9-17-35)36-18-10-5-11-19-36/h3-11,14-23,26-27,29-30H,12-13,24-25,28H2,1-2H3,(H,49,50)(H,55,56). The van der Waals surface area contributed by atoms with Gasteiger partial charge in [0.25, 0.3) is 0 Å². The van der Waals surface area contributed by atoms with Crippen LogP contribution in [0.15, 0.2) is 140 Å². The molecule has 1 amide bonds. The van der Waals surface area contributed by atoms with Crippen molar-refractivity contribution in [3.05, 3.63) is 162 Å². The van der Waals surface area contributed by atoms with Crippen LogP contribution in [-0.4, -0.2) is 73.0 Å². The molecule has 0 atom stereocenters. The number of pyridine rings is 2. The number of imidazole rings is 1. The van der Waals surface area contributed by atoms with E-state index >= 15 is 0 Å². The Hall–Kier alpha value is -6.52. The molecule has 0 spiro atoms. The number of carboxylic acid groups (broad SMARTS) is 1. The van der Waals surface area contributed by atoms with E-state index in [1.165, 1.54) is 4.90 Å². The smallest absolute Gasteiger partial charge is 0.407 e. The van der Waals surface area contributed by atoms with Crippen molar-refractivity contribution in [1.29, 1.82) is 0 Å². The molecule has 4 aromatic heterocycles. The van der Waals surface area contributed by atoms with Gasteiger partial charge in [-0.2, -0.15) is 5.10 Å². The predicted molar refractivity (Wildman–Crippen MR) is 223 cm³/mol. The van der Waals surface area contributed by atoms with Crippen LogP contribution in [0.4, 0.5) is 10.6 Å². The van der Waals surface area contributed by atoms with Crippen molar-refractivity contribution in [2.45, 2.75) is 24.3 Å². The first-order valence-electron chi connectivity index (χ1n) is 18.6. The Kier molecular flexibility index (Phi) is 10.2. The Morgan fingerprint density at radius 1 is 0.804 bits per heavy atom. The Labute approximate surface area is 330 Å². The predicted octanol–water partition coefficient (Wildman–Crippen LogP) is 9.44. The van der Waals surface area contributed by atoms with Crippen molar-refractivity contribution in [3.8, 4) is 22.6 Å². The summed E-state index contributed by atoms with van der Waals surface area (Å²) in [7, 11) is 3.58. The molecule has 10 nitrogen and oxygen atoms in total. The van der Waals surface area contributed by atoms with Crippen LogP contribution >= 0.6 is 11.6 Å². The fourth-order valence-electron chi connectivity index (χ4n) is 7.56. The Morgan fingerprint density at radius 2 is 1.45 bits per heavy atom. The van der Waals surface area contributed by atoms with E-state index in [0.717, 1.165) is 74.0 Å². The maximum Gasteiger partial charge on any atom is 0.407 e. The van der Waals surface area contributed by atoms with Crippen molar-refractivity contribution >= 4 is 45.4 Å². The number of unbranched alkanes of at least 4 members (excludes halogenated alkanes) is 1. The third kappa shape index (κ3) is 6.73. The monoisotopic (exact) mass is 760 g/mol. The lowest BCUT2D eigenvalue weighted by Crippen LogP contribution is -2.38. The first kappa shape index (κ1) is 36.5. The highest BCUT2D eigenvalue weighted by Crippen LogP contribution is 2.44. The summed E-state index contributed by atoms with van der Waals surface area (Å²) in [6, 6.07) is 42.0. The number of hydrogen-bond donors (Lipinski definition) is 2. The van der Waals surface area contributed by atoms with E-state index in [-0.39, 0.29) is 0 Å². The molecule has 2 N–H and O–H groups in total. The van der Waals surface area contributed by atoms with E-state index < -0.39 is 11.6 Å². The van der Waals surface area contributed by atoms with Gasteiger partial charge in [-0.1, -0.05) is 97.1 Å². The first-order chi connectivity index (χ1) is 27.4. The molecule has 0 saturated heterocycles. The molecule has 280 valence electrons. The maximum atomic E-state index is 11.3. The number of halogens is 1. The zero-order valence-electron chi connectivity index (χ0n) is 31.2. The average molecular weight is 761 g/mol. The molecule has 8 aromatic rings. The molecule has 0 aliphatic heterocycles. The Bertz CT molecular complexity index is 2510. The Morgan fingerprint density at radius 3 is 2.07 bits per heavy atom. The molecule has 8 rings (SSSR count). The van der Waals surface area contributed by atoms with Crippen LogP contribution in [0.5, 0.6) is 0 Å². The Balaban J connectivity index is 1.34. The van der Waals surface area contributed by atoms with Crippen molar-refractivity contribution in [2.24, 2.45) is 0 Å². The number of rotatable bonds is 13. The van der Waals surface area contributed by atoms with Gasteiger partial charge >= 0.3 is 6.09 Å². The molecule has 0 saturated carbocycles. The molecule has 0 bridgehead atoms. The van der Waals surface area contributed by atoms with Crippen molar-refractivity contribution in [1.82, 2.24) is 34.6 Å². The van der Waals surface area contributed by atoms with E-state index in [9.17, 15) is 9.90 Å². The van der Waals surface area contributed by atoms with Crippen LogP contribution in [0.25, 0.3) is 44.6 Å². The number of nitrogens with zero attached hydrogens (tertiary/aromatic N) is 7. The highest BCUT2D eigenvalue weighted by atomic mass is 35.5. The molecule has 0 aliphatic rings. The summed E-state index contributed by atoms with van der Waals surface area (Å²) in [5, 5.41) is 15.7. The van der Waals surface area contributed by atoms with Crippen molar-refractivity contribution in [3.63, 3.8) is 0 Å². The number of aromatic amines is 1. The first-order valence-corrected chi connectivity index (χ1v) is 19.1. The summed E-state index contributed by atoms with van der Waals surface area (Å²) in [5.74, 6) is 1.71.